The van der Waals surface area contributed by atoms with E-state index in [4.69, 9.17) is 4.74 Å². The van der Waals surface area contributed by atoms with Crippen LogP contribution in [0.25, 0.3) is 0 Å². The van der Waals surface area contributed by atoms with Crippen LogP contribution in [0.4, 0.5) is 4.79 Å². The van der Waals surface area contributed by atoms with Crippen molar-refractivity contribution in [3.05, 3.63) is 0 Å². The van der Waals surface area contributed by atoms with Crippen LogP contribution in [0, 0.1) is 5.92 Å². The number of carbonyl (C=O) groups excluding carboxylic acids is 1. The molecular formula is C17H32N2O2. The molecule has 2 aliphatic rings. The molecule has 2 fully saturated rings. The van der Waals surface area contributed by atoms with Gasteiger partial charge in [0.25, 0.3) is 0 Å². The van der Waals surface area contributed by atoms with E-state index < -0.39 is 5.60 Å². The maximum Gasteiger partial charge on any atom is 0.410 e. The lowest BCUT2D eigenvalue weighted by Crippen LogP contribution is -2.49. The first-order chi connectivity index (χ1) is 9.74. The van der Waals surface area contributed by atoms with E-state index in [9.17, 15) is 4.79 Å². The Kier molecular flexibility index (Phi) is 5.18. The SMILES string of the molecule is CC1CC(NC2CCC(N(C)C(=O)OC(C)(C)C)CC2)C1. The summed E-state index contributed by atoms with van der Waals surface area (Å²) in [6.45, 7) is 8.07. The Hall–Kier alpha value is -0.770. The molecule has 0 atom stereocenters. The third kappa shape index (κ3) is 4.87. The quantitative estimate of drug-likeness (QED) is 0.866. The molecule has 122 valence electrons. The van der Waals surface area contributed by atoms with Gasteiger partial charge in [-0.05, 0) is 65.2 Å². The van der Waals surface area contributed by atoms with Crippen molar-refractivity contribution in [1.82, 2.24) is 10.2 Å². The minimum atomic E-state index is -0.412. The van der Waals surface area contributed by atoms with Gasteiger partial charge in [0.15, 0.2) is 0 Å². The summed E-state index contributed by atoms with van der Waals surface area (Å²) in [7, 11) is 1.88. The zero-order chi connectivity index (χ0) is 15.6. The van der Waals surface area contributed by atoms with Crippen molar-refractivity contribution in [3.63, 3.8) is 0 Å². The number of nitrogens with one attached hydrogen (secondary N) is 1. The number of nitrogens with zero attached hydrogens (tertiary/aromatic N) is 1. The van der Waals surface area contributed by atoms with E-state index in [0.29, 0.717) is 12.1 Å². The summed E-state index contributed by atoms with van der Waals surface area (Å²) in [6.07, 6.45) is 6.97. The number of rotatable bonds is 3. The zero-order valence-corrected chi connectivity index (χ0v) is 14.3. The molecule has 0 saturated heterocycles. The van der Waals surface area contributed by atoms with Crippen molar-refractivity contribution in [1.29, 1.82) is 0 Å². The van der Waals surface area contributed by atoms with Gasteiger partial charge in [-0.3, -0.25) is 0 Å². The van der Waals surface area contributed by atoms with Crippen LogP contribution in [0.2, 0.25) is 0 Å². The van der Waals surface area contributed by atoms with Gasteiger partial charge in [0, 0.05) is 25.2 Å². The predicted octanol–water partition coefficient (Wildman–Crippen LogP) is 3.55. The van der Waals surface area contributed by atoms with Crippen LogP contribution >= 0.6 is 0 Å². The van der Waals surface area contributed by atoms with Crippen LogP contribution in [0.3, 0.4) is 0 Å². The number of hydrogen-bond acceptors (Lipinski definition) is 3. The second-order valence-corrected chi connectivity index (χ2v) is 8.04. The van der Waals surface area contributed by atoms with Crippen molar-refractivity contribution in [3.8, 4) is 0 Å². The molecule has 1 amide bonds. The monoisotopic (exact) mass is 296 g/mol. The fourth-order valence-corrected chi connectivity index (χ4v) is 3.48. The van der Waals surface area contributed by atoms with Crippen molar-refractivity contribution in [2.24, 2.45) is 5.92 Å². The Morgan fingerprint density at radius 3 is 2.14 bits per heavy atom. The second-order valence-electron chi connectivity index (χ2n) is 8.04. The standard InChI is InChI=1S/C17H32N2O2/c1-12-10-14(11-12)18-13-6-8-15(9-7-13)19(5)16(20)21-17(2,3)4/h12-15,18H,6-11H2,1-5H3. The van der Waals surface area contributed by atoms with Crippen molar-refractivity contribution in [2.75, 3.05) is 7.05 Å². The van der Waals surface area contributed by atoms with E-state index in [-0.39, 0.29) is 6.09 Å². The molecule has 0 aromatic heterocycles. The van der Waals surface area contributed by atoms with Gasteiger partial charge in [0.2, 0.25) is 0 Å². The van der Waals surface area contributed by atoms with E-state index in [2.05, 4.69) is 12.2 Å². The highest BCUT2D eigenvalue weighted by Crippen LogP contribution is 2.30. The molecule has 0 spiro atoms. The van der Waals surface area contributed by atoms with Gasteiger partial charge in [0.05, 0.1) is 0 Å². The van der Waals surface area contributed by atoms with Gasteiger partial charge >= 0.3 is 6.09 Å². The Morgan fingerprint density at radius 1 is 1.10 bits per heavy atom. The van der Waals surface area contributed by atoms with Crippen molar-refractivity contribution in [2.45, 2.75) is 89.9 Å². The smallest absolute Gasteiger partial charge is 0.410 e. The van der Waals surface area contributed by atoms with Gasteiger partial charge in [-0.1, -0.05) is 6.92 Å². The van der Waals surface area contributed by atoms with E-state index in [0.717, 1.165) is 24.8 Å². The fourth-order valence-electron chi connectivity index (χ4n) is 3.48. The molecule has 0 radical (unpaired) electrons. The first kappa shape index (κ1) is 16.6. The van der Waals surface area contributed by atoms with Crippen LogP contribution < -0.4 is 5.32 Å². The third-order valence-electron chi connectivity index (χ3n) is 4.77. The van der Waals surface area contributed by atoms with Crippen molar-refractivity contribution < 1.29 is 9.53 Å². The van der Waals surface area contributed by atoms with Crippen molar-refractivity contribution >= 4 is 6.09 Å². The molecule has 0 unspecified atom stereocenters. The van der Waals surface area contributed by atoms with Gasteiger partial charge in [-0.2, -0.15) is 0 Å². The van der Waals surface area contributed by atoms with Crippen LogP contribution in [0.5, 0.6) is 0 Å². The van der Waals surface area contributed by atoms with Crippen LogP contribution in [0.15, 0.2) is 0 Å². The van der Waals surface area contributed by atoms with Crippen LogP contribution in [-0.2, 0) is 4.74 Å². The van der Waals surface area contributed by atoms with Gasteiger partial charge in [-0.25, -0.2) is 4.79 Å². The molecule has 0 aromatic carbocycles. The molecule has 4 nitrogen and oxygen atoms in total. The number of amides is 1. The second kappa shape index (κ2) is 6.55. The molecule has 1 N–H and O–H groups in total. The minimum absolute atomic E-state index is 0.188. The molecule has 0 bridgehead atoms. The van der Waals surface area contributed by atoms with Gasteiger partial charge < -0.3 is 15.0 Å². The molecule has 0 heterocycles. The summed E-state index contributed by atoms with van der Waals surface area (Å²) in [6, 6.07) is 1.72. The summed E-state index contributed by atoms with van der Waals surface area (Å²) < 4.78 is 5.45. The molecule has 2 saturated carbocycles. The minimum Gasteiger partial charge on any atom is -0.444 e. The highest BCUT2D eigenvalue weighted by atomic mass is 16.6. The summed E-state index contributed by atoms with van der Waals surface area (Å²) in [5.74, 6) is 0.900. The van der Waals surface area contributed by atoms with Gasteiger partial charge in [0.1, 0.15) is 5.60 Å². The molecule has 0 aliphatic heterocycles. The molecule has 2 rings (SSSR count). The van der Waals surface area contributed by atoms with E-state index in [1.165, 1.54) is 25.7 Å². The maximum absolute atomic E-state index is 12.1. The van der Waals surface area contributed by atoms with Crippen LogP contribution in [-0.4, -0.2) is 41.8 Å². The summed E-state index contributed by atoms with van der Waals surface area (Å²) in [5.41, 5.74) is -0.412. The molecule has 0 aromatic rings. The topological polar surface area (TPSA) is 41.6 Å². The molecular weight excluding hydrogens is 264 g/mol. The maximum atomic E-state index is 12.1. The zero-order valence-electron chi connectivity index (χ0n) is 14.3. The summed E-state index contributed by atoms with van der Waals surface area (Å²) in [5, 5.41) is 3.78. The lowest BCUT2D eigenvalue weighted by molar-refractivity contribution is 0.0175. The lowest BCUT2D eigenvalue weighted by atomic mass is 9.80. The Labute approximate surface area is 129 Å². The predicted molar refractivity (Wildman–Crippen MR) is 85.4 cm³/mol. The Balaban J connectivity index is 1.71. The third-order valence-corrected chi connectivity index (χ3v) is 4.77. The normalized spacial score (nSPS) is 33.2. The van der Waals surface area contributed by atoms with E-state index in [1.807, 2.05) is 27.8 Å². The number of hydrogen-bond donors (Lipinski definition) is 1. The van der Waals surface area contributed by atoms with E-state index in [1.54, 1.807) is 4.90 Å². The lowest BCUT2D eigenvalue weighted by Gasteiger charge is -2.40. The first-order valence-corrected chi connectivity index (χ1v) is 8.46. The van der Waals surface area contributed by atoms with Gasteiger partial charge in [-0.15, -0.1) is 0 Å². The number of ether oxygens (including phenoxy) is 1. The first-order valence-electron chi connectivity index (χ1n) is 8.46. The summed E-state index contributed by atoms with van der Waals surface area (Å²) in [4.78, 5) is 13.9. The average molecular weight is 296 g/mol. The van der Waals surface area contributed by atoms with Crippen LogP contribution in [0.1, 0.15) is 66.2 Å². The molecule has 2 aliphatic carbocycles. The molecule has 4 heteroatoms. The fraction of sp³-hybridized carbons (Fsp3) is 0.941. The highest BCUT2D eigenvalue weighted by Gasteiger charge is 2.32. The molecule has 21 heavy (non-hydrogen) atoms. The summed E-state index contributed by atoms with van der Waals surface area (Å²) >= 11 is 0. The van der Waals surface area contributed by atoms with E-state index >= 15 is 0 Å². The average Bonchev–Trinajstić information content (AvgIpc) is 2.35. The Bertz CT molecular complexity index is 350. The Morgan fingerprint density at radius 2 is 1.67 bits per heavy atom. The highest BCUT2D eigenvalue weighted by molar-refractivity contribution is 5.68. The number of carbonyl (C=O) groups is 1. The largest absolute Gasteiger partial charge is 0.444 e.